The zero-order valence-electron chi connectivity index (χ0n) is 8.87. The number of aliphatic hydroxyl groups is 1. The van der Waals surface area contributed by atoms with Crippen molar-refractivity contribution in [2.45, 2.75) is 26.0 Å². The summed E-state index contributed by atoms with van der Waals surface area (Å²) in [5.74, 6) is -0.883. The molecule has 7 heteroatoms. The van der Waals surface area contributed by atoms with E-state index in [0.717, 1.165) is 0 Å². The predicted octanol–water partition coefficient (Wildman–Crippen LogP) is -0.348. The number of rotatable bonds is 8. The molecule has 0 aromatic carbocycles. The lowest BCUT2D eigenvalue weighted by Gasteiger charge is -1.98. The van der Waals surface area contributed by atoms with Gasteiger partial charge in [-0.3, -0.25) is 9.48 Å². The number of aryl methyl sites for hydroxylation is 1. The number of aliphatic hydroxyl groups excluding tert-OH is 1. The smallest absolute Gasteiger partial charge is 0.305 e. The highest BCUT2D eigenvalue weighted by atomic mass is 16.5. The van der Waals surface area contributed by atoms with Gasteiger partial charge in [-0.25, -0.2) is 0 Å². The van der Waals surface area contributed by atoms with E-state index in [4.69, 9.17) is 14.9 Å². The first kappa shape index (κ1) is 12.6. The van der Waals surface area contributed by atoms with Gasteiger partial charge >= 0.3 is 5.97 Å². The number of hydrogen-bond acceptors (Lipinski definition) is 5. The highest BCUT2D eigenvalue weighted by Crippen LogP contribution is 1.97. The van der Waals surface area contributed by atoms with E-state index in [1.54, 1.807) is 10.9 Å². The van der Waals surface area contributed by atoms with Gasteiger partial charge in [0, 0.05) is 13.2 Å². The number of aromatic nitrogens is 3. The third-order valence-electron chi connectivity index (χ3n) is 1.84. The van der Waals surface area contributed by atoms with Crippen LogP contribution in [0.5, 0.6) is 0 Å². The Balaban J connectivity index is 2.21. The normalized spacial score (nSPS) is 10.6. The molecule has 0 amide bonds. The summed E-state index contributed by atoms with van der Waals surface area (Å²) in [6, 6.07) is 0. The molecule has 0 bridgehead atoms. The molecule has 90 valence electrons. The van der Waals surface area contributed by atoms with Crippen molar-refractivity contribution in [3.8, 4) is 0 Å². The van der Waals surface area contributed by atoms with Crippen LogP contribution in [0.1, 0.15) is 18.5 Å². The van der Waals surface area contributed by atoms with Crippen molar-refractivity contribution in [2.24, 2.45) is 0 Å². The number of aliphatic carboxylic acids is 1. The van der Waals surface area contributed by atoms with Crippen molar-refractivity contribution in [3.05, 3.63) is 11.9 Å². The number of hydrogen-bond donors (Lipinski definition) is 2. The fourth-order valence-electron chi connectivity index (χ4n) is 1.08. The van der Waals surface area contributed by atoms with Gasteiger partial charge in [0.05, 0.1) is 25.8 Å². The second kappa shape index (κ2) is 6.91. The average Bonchev–Trinajstić information content (AvgIpc) is 2.69. The first-order chi connectivity index (χ1) is 7.72. The molecule has 0 saturated heterocycles. The van der Waals surface area contributed by atoms with Crippen LogP contribution in [0.4, 0.5) is 0 Å². The molecule has 1 aromatic rings. The molecule has 0 saturated carbocycles. The predicted molar refractivity (Wildman–Crippen MR) is 53.6 cm³/mol. The number of carbonyl (C=O) groups is 1. The molecular formula is C9H15N3O4. The molecule has 0 unspecified atom stereocenters. The van der Waals surface area contributed by atoms with Gasteiger partial charge in [-0.2, -0.15) is 0 Å². The van der Waals surface area contributed by atoms with Crippen LogP contribution < -0.4 is 0 Å². The van der Waals surface area contributed by atoms with Gasteiger partial charge in [-0.05, 0) is 6.42 Å². The zero-order chi connectivity index (χ0) is 11.8. The Morgan fingerprint density at radius 2 is 2.38 bits per heavy atom. The monoisotopic (exact) mass is 229 g/mol. The standard InChI is InChI=1S/C9H15N3O4/c13-4-1-3-12-6-8(10-11-12)7-16-5-2-9(14)15/h6,13H,1-5,7H2,(H,14,15). The molecule has 7 nitrogen and oxygen atoms in total. The lowest BCUT2D eigenvalue weighted by atomic mass is 10.4. The first-order valence-corrected chi connectivity index (χ1v) is 5.02. The van der Waals surface area contributed by atoms with Crippen LogP contribution >= 0.6 is 0 Å². The van der Waals surface area contributed by atoms with Crippen molar-refractivity contribution >= 4 is 5.97 Å². The minimum atomic E-state index is -0.883. The summed E-state index contributed by atoms with van der Waals surface area (Å²) in [5.41, 5.74) is 0.656. The molecular weight excluding hydrogens is 214 g/mol. The quantitative estimate of drug-likeness (QED) is 0.591. The fourth-order valence-corrected chi connectivity index (χ4v) is 1.08. The molecule has 0 spiro atoms. The molecule has 0 aliphatic carbocycles. The van der Waals surface area contributed by atoms with Gasteiger partial charge in [0.25, 0.3) is 0 Å². The molecule has 16 heavy (non-hydrogen) atoms. The highest BCUT2D eigenvalue weighted by molar-refractivity contribution is 5.66. The minimum absolute atomic E-state index is 0.0152. The van der Waals surface area contributed by atoms with Gasteiger partial charge in [0.1, 0.15) is 5.69 Å². The van der Waals surface area contributed by atoms with E-state index in [-0.39, 0.29) is 26.2 Å². The third-order valence-corrected chi connectivity index (χ3v) is 1.84. The maximum Gasteiger partial charge on any atom is 0.305 e. The van der Waals surface area contributed by atoms with Crippen molar-refractivity contribution in [1.82, 2.24) is 15.0 Å². The van der Waals surface area contributed by atoms with E-state index in [1.807, 2.05) is 0 Å². The van der Waals surface area contributed by atoms with Crippen molar-refractivity contribution < 1.29 is 19.7 Å². The molecule has 0 atom stereocenters. The molecule has 1 heterocycles. The van der Waals surface area contributed by atoms with Gasteiger partial charge < -0.3 is 14.9 Å². The third kappa shape index (κ3) is 4.85. The summed E-state index contributed by atoms with van der Waals surface area (Å²) >= 11 is 0. The largest absolute Gasteiger partial charge is 0.481 e. The fraction of sp³-hybridized carbons (Fsp3) is 0.667. The Bertz CT molecular complexity index is 326. The topological polar surface area (TPSA) is 97.5 Å². The molecule has 0 fully saturated rings. The Kier molecular flexibility index (Phi) is 5.44. The maximum atomic E-state index is 10.2. The van der Waals surface area contributed by atoms with Crippen LogP contribution in [0.25, 0.3) is 0 Å². The van der Waals surface area contributed by atoms with Gasteiger partial charge in [0.2, 0.25) is 0 Å². The van der Waals surface area contributed by atoms with Crippen LogP contribution in [0.2, 0.25) is 0 Å². The summed E-state index contributed by atoms with van der Waals surface area (Å²) < 4.78 is 6.72. The number of carboxylic acid groups (broad SMARTS) is 1. The molecule has 1 rings (SSSR count). The summed E-state index contributed by atoms with van der Waals surface area (Å²) in [5, 5.41) is 24.7. The van der Waals surface area contributed by atoms with E-state index < -0.39 is 5.97 Å². The summed E-state index contributed by atoms with van der Waals surface area (Å²) in [4.78, 5) is 10.2. The van der Waals surface area contributed by atoms with E-state index in [9.17, 15) is 4.79 Å². The van der Waals surface area contributed by atoms with Gasteiger partial charge in [-0.1, -0.05) is 5.21 Å². The Labute approximate surface area is 92.6 Å². The maximum absolute atomic E-state index is 10.2. The van der Waals surface area contributed by atoms with Crippen LogP contribution in [0.3, 0.4) is 0 Å². The van der Waals surface area contributed by atoms with Crippen LogP contribution in [0, 0.1) is 0 Å². The van der Waals surface area contributed by atoms with Crippen molar-refractivity contribution in [2.75, 3.05) is 13.2 Å². The second-order valence-electron chi connectivity index (χ2n) is 3.25. The molecule has 1 aromatic heterocycles. The van der Waals surface area contributed by atoms with Crippen molar-refractivity contribution in [3.63, 3.8) is 0 Å². The Morgan fingerprint density at radius 3 is 3.06 bits per heavy atom. The molecule has 0 aliphatic rings. The van der Waals surface area contributed by atoms with Gasteiger partial charge in [0.15, 0.2) is 0 Å². The average molecular weight is 229 g/mol. The summed E-state index contributed by atoms with van der Waals surface area (Å²) in [6.45, 7) is 1.15. The van der Waals surface area contributed by atoms with Crippen LogP contribution in [0.15, 0.2) is 6.20 Å². The van der Waals surface area contributed by atoms with E-state index >= 15 is 0 Å². The number of ether oxygens (including phenoxy) is 1. The molecule has 0 radical (unpaired) electrons. The number of nitrogens with zero attached hydrogens (tertiary/aromatic N) is 3. The Morgan fingerprint density at radius 1 is 1.56 bits per heavy atom. The van der Waals surface area contributed by atoms with Crippen LogP contribution in [-0.4, -0.2) is 44.4 Å². The van der Waals surface area contributed by atoms with Gasteiger partial charge in [-0.15, -0.1) is 5.10 Å². The lowest BCUT2D eigenvalue weighted by molar-refractivity contribution is -0.138. The minimum Gasteiger partial charge on any atom is -0.481 e. The SMILES string of the molecule is O=C(O)CCOCc1cn(CCCO)nn1. The highest BCUT2D eigenvalue weighted by Gasteiger charge is 2.02. The summed E-state index contributed by atoms with van der Waals surface area (Å²) in [6.07, 6.45) is 2.33. The number of carboxylic acids is 1. The van der Waals surface area contributed by atoms with E-state index in [1.165, 1.54) is 0 Å². The zero-order valence-corrected chi connectivity index (χ0v) is 8.87. The van der Waals surface area contributed by atoms with Crippen molar-refractivity contribution in [1.29, 1.82) is 0 Å². The first-order valence-electron chi connectivity index (χ1n) is 5.02. The lowest BCUT2D eigenvalue weighted by Crippen LogP contribution is -2.03. The molecule has 2 N–H and O–H groups in total. The van der Waals surface area contributed by atoms with E-state index in [0.29, 0.717) is 18.7 Å². The molecule has 0 aliphatic heterocycles. The Hall–Kier alpha value is -1.47. The van der Waals surface area contributed by atoms with Crippen LogP contribution in [-0.2, 0) is 22.7 Å². The summed E-state index contributed by atoms with van der Waals surface area (Å²) in [7, 11) is 0. The van der Waals surface area contributed by atoms with E-state index in [2.05, 4.69) is 10.3 Å². The second-order valence-corrected chi connectivity index (χ2v) is 3.25.